The summed E-state index contributed by atoms with van der Waals surface area (Å²) in [4.78, 5) is 13.5. The fourth-order valence-corrected chi connectivity index (χ4v) is 3.87. The van der Waals surface area contributed by atoms with Gasteiger partial charge in [0.05, 0.1) is 6.61 Å². The third-order valence-corrected chi connectivity index (χ3v) is 5.24. The van der Waals surface area contributed by atoms with Gasteiger partial charge in [-0.1, -0.05) is 24.3 Å². The molecular weight excluding hydrogens is 324 g/mol. The summed E-state index contributed by atoms with van der Waals surface area (Å²) < 4.78 is 6.70. The first-order valence-corrected chi connectivity index (χ1v) is 7.87. The van der Waals surface area contributed by atoms with Crippen molar-refractivity contribution in [2.75, 3.05) is 6.61 Å². The molecule has 0 fully saturated rings. The summed E-state index contributed by atoms with van der Waals surface area (Å²) >= 11 is 5.07. The number of halogens is 1. The van der Waals surface area contributed by atoms with Crippen LogP contribution in [0.3, 0.4) is 0 Å². The van der Waals surface area contributed by atoms with Gasteiger partial charge >= 0.3 is 0 Å². The van der Waals surface area contributed by atoms with Crippen LogP contribution < -0.4 is 0 Å². The number of ketones is 1. The van der Waals surface area contributed by atoms with E-state index in [2.05, 4.69) is 22.0 Å². The van der Waals surface area contributed by atoms with E-state index >= 15 is 0 Å². The summed E-state index contributed by atoms with van der Waals surface area (Å²) in [5.41, 5.74) is 2.27. The predicted molar refractivity (Wildman–Crippen MR) is 79.6 cm³/mol. The lowest BCUT2D eigenvalue weighted by Crippen LogP contribution is -2.24. The molecule has 19 heavy (non-hydrogen) atoms. The molecule has 4 heteroatoms. The third-order valence-electron chi connectivity index (χ3n) is 3.31. The van der Waals surface area contributed by atoms with Crippen LogP contribution in [0, 0.1) is 0 Å². The van der Waals surface area contributed by atoms with Crippen LogP contribution >= 0.6 is 27.3 Å². The molecule has 98 valence electrons. The molecule has 0 aliphatic carbocycles. The van der Waals surface area contributed by atoms with E-state index in [9.17, 15) is 4.79 Å². The SMILES string of the molecule is O=C(Cc1sccc1Br)C1OCCc2ccccc21. The number of carbonyl (C=O) groups excluding carboxylic acids is 1. The van der Waals surface area contributed by atoms with E-state index in [1.807, 2.05) is 29.6 Å². The molecule has 1 aromatic heterocycles. The Bertz CT molecular complexity index is 606. The van der Waals surface area contributed by atoms with Crippen molar-refractivity contribution in [3.8, 4) is 0 Å². The zero-order valence-electron chi connectivity index (χ0n) is 10.3. The standard InChI is InChI=1S/C15H13BrO2S/c16-12-6-8-19-14(12)9-13(17)15-11-4-2-1-3-10(11)5-7-18-15/h1-4,6,8,15H,5,7,9H2. The number of benzene rings is 1. The van der Waals surface area contributed by atoms with Crippen molar-refractivity contribution in [3.05, 3.63) is 56.2 Å². The van der Waals surface area contributed by atoms with E-state index in [0.29, 0.717) is 13.0 Å². The Morgan fingerprint density at radius 3 is 3.00 bits per heavy atom. The summed E-state index contributed by atoms with van der Waals surface area (Å²) in [6.07, 6.45) is 0.916. The molecule has 3 rings (SSSR count). The number of hydrogen-bond donors (Lipinski definition) is 0. The van der Waals surface area contributed by atoms with Gasteiger partial charge in [0.25, 0.3) is 0 Å². The highest BCUT2D eigenvalue weighted by Gasteiger charge is 2.27. The lowest BCUT2D eigenvalue weighted by atomic mass is 9.94. The maximum atomic E-state index is 12.4. The van der Waals surface area contributed by atoms with Gasteiger partial charge in [0.1, 0.15) is 6.10 Å². The number of fused-ring (bicyclic) bond motifs is 1. The second kappa shape index (κ2) is 5.57. The van der Waals surface area contributed by atoms with Crippen LogP contribution in [0.1, 0.15) is 22.1 Å². The van der Waals surface area contributed by atoms with Crippen molar-refractivity contribution in [1.82, 2.24) is 0 Å². The van der Waals surface area contributed by atoms with Gasteiger partial charge in [-0.05, 0) is 44.9 Å². The predicted octanol–water partition coefficient (Wildman–Crippen LogP) is 3.94. The number of carbonyl (C=O) groups is 1. The van der Waals surface area contributed by atoms with Gasteiger partial charge in [0.2, 0.25) is 0 Å². The van der Waals surface area contributed by atoms with Crippen molar-refractivity contribution < 1.29 is 9.53 Å². The van der Waals surface area contributed by atoms with Crippen LogP contribution in [0.5, 0.6) is 0 Å². The first-order chi connectivity index (χ1) is 9.25. The zero-order valence-corrected chi connectivity index (χ0v) is 12.7. The quantitative estimate of drug-likeness (QED) is 0.848. The van der Waals surface area contributed by atoms with E-state index in [-0.39, 0.29) is 5.78 Å². The molecule has 0 amide bonds. The minimum Gasteiger partial charge on any atom is -0.365 e. The molecule has 2 heterocycles. The van der Waals surface area contributed by atoms with Gasteiger partial charge in [-0.2, -0.15) is 0 Å². The number of thiophene rings is 1. The van der Waals surface area contributed by atoms with Crippen LogP contribution in [0.15, 0.2) is 40.2 Å². The van der Waals surface area contributed by atoms with Gasteiger partial charge in [-0.25, -0.2) is 0 Å². The Morgan fingerprint density at radius 1 is 1.37 bits per heavy atom. The highest BCUT2D eigenvalue weighted by molar-refractivity contribution is 9.10. The first-order valence-electron chi connectivity index (χ1n) is 6.19. The fourth-order valence-electron chi connectivity index (χ4n) is 2.36. The number of ether oxygens (including phenoxy) is 1. The van der Waals surface area contributed by atoms with E-state index in [4.69, 9.17) is 4.74 Å². The van der Waals surface area contributed by atoms with Gasteiger partial charge in [-0.3, -0.25) is 4.79 Å². The number of hydrogen-bond acceptors (Lipinski definition) is 3. The molecule has 2 nitrogen and oxygen atoms in total. The van der Waals surface area contributed by atoms with Crippen molar-refractivity contribution in [2.45, 2.75) is 18.9 Å². The van der Waals surface area contributed by atoms with E-state index in [1.165, 1.54) is 5.56 Å². The monoisotopic (exact) mass is 336 g/mol. The molecule has 0 saturated carbocycles. The van der Waals surface area contributed by atoms with Gasteiger partial charge in [0.15, 0.2) is 5.78 Å². The lowest BCUT2D eigenvalue weighted by Gasteiger charge is -2.24. The van der Waals surface area contributed by atoms with Crippen LogP contribution in [-0.4, -0.2) is 12.4 Å². The van der Waals surface area contributed by atoms with Crippen molar-refractivity contribution in [2.24, 2.45) is 0 Å². The molecule has 0 N–H and O–H groups in total. The smallest absolute Gasteiger partial charge is 0.171 e. The highest BCUT2D eigenvalue weighted by Crippen LogP contribution is 2.30. The molecule has 0 spiro atoms. The molecule has 1 aliphatic heterocycles. The number of Topliss-reactive ketones (excluding diaryl/α,β-unsaturated/α-hetero) is 1. The third kappa shape index (κ3) is 2.66. The Morgan fingerprint density at radius 2 is 2.21 bits per heavy atom. The topological polar surface area (TPSA) is 26.3 Å². The summed E-state index contributed by atoms with van der Waals surface area (Å²) in [5, 5.41) is 1.99. The van der Waals surface area contributed by atoms with Crippen LogP contribution in [0.2, 0.25) is 0 Å². The maximum Gasteiger partial charge on any atom is 0.171 e. The molecule has 1 aromatic carbocycles. The minimum absolute atomic E-state index is 0.135. The molecule has 0 radical (unpaired) electrons. The molecule has 1 unspecified atom stereocenters. The van der Waals surface area contributed by atoms with E-state index < -0.39 is 6.10 Å². The zero-order chi connectivity index (χ0) is 13.2. The molecule has 2 aromatic rings. The molecule has 1 atom stereocenters. The Kier molecular flexibility index (Phi) is 3.82. The average Bonchev–Trinajstić information content (AvgIpc) is 2.83. The normalized spacial score (nSPS) is 18.1. The van der Waals surface area contributed by atoms with E-state index in [1.54, 1.807) is 11.3 Å². The molecular formula is C15H13BrO2S. The summed E-state index contributed by atoms with van der Waals surface area (Å²) in [5.74, 6) is 0.135. The van der Waals surface area contributed by atoms with E-state index in [0.717, 1.165) is 21.3 Å². The van der Waals surface area contributed by atoms with Crippen LogP contribution in [-0.2, 0) is 22.4 Å². The lowest BCUT2D eigenvalue weighted by molar-refractivity contribution is -0.131. The molecule has 1 aliphatic rings. The largest absolute Gasteiger partial charge is 0.365 e. The Hall–Kier alpha value is -0.970. The molecule has 0 saturated heterocycles. The van der Waals surface area contributed by atoms with Gasteiger partial charge in [0, 0.05) is 15.8 Å². The van der Waals surface area contributed by atoms with Crippen molar-refractivity contribution in [3.63, 3.8) is 0 Å². The second-order valence-corrected chi connectivity index (χ2v) is 6.39. The maximum absolute atomic E-state index is 12.4. The summed E-state index contributed by atoms with van der Waals surface area (Å²) in [7, 11) is 0. The first kappa shape index (κ1) is 13.0. The Balaban J connectivity index is 1.84. The van der Waals surface area contributed by atoms with Gasteiger partial charge < -0.3 is 4.74 Å². The summed E-state index contributed by atoms with van der Waals surface area (Å²) in [6.45, 7) is 0.624. The fraction of sp³-hybridized carbons (Fsp3) is 0.267. The van der Waals surface area contributed by atoms with Crippen LogP contribution in [0.25, 0.3) is 0 Å². The second-order valence-electron chi connectivity index (χ2n) is 4.53. The van der Waals surface area contributed by atoms with Crippen LogP contribution in [0.4, 0.5) is 0 Å². The van der Waals surface area contributed by atoms with Crippen molar-refractivity contribution in [1.29, 1.82) is 0 Å². The van der Waals surface area contributed by atoms with Crippen molar-refractivity contribution >= 4 is 33.0 Å². The molecule has 0 bridgehead atoms. The summed E-state index contributed by atoms with van der Waals surface area (Å²) in [6, 6.07) is 10.0. The highest BCUT2D eigenvalue weighted by atomic mass is 79.9. The Labute approximate surface area is 124 Å². The average molecular weight is 337 g/mol. The minimum atomic E-state index is -0.404. The van der Waals surface area contributed by atoms with Gasteiger partial charge in [-0.15, -0.1) is 11.3 Å². The number of rotatable bonds is 3.